The number of ketones is 1. The fourth-order valence-electron chi connectivity index (χ4n) is 0.960. The zero-order valence-electron chi connectivity index (χ0n) is 5.57. The number of allylic oxidation sites excluding steroid dienone is 2. The topological polar surface area (TPSA) is 17.1 Å². The molecule has 0 aromatic heterocycles. The summed E-state index contributed by atoms with van der Waals surface area (Å²) in [5, 5.41) is 0. The summed E-state index contributed by atoms with van der Waals surface area (Å²) in [4.78, 5) is 11.1. The van der Waals surface area contributed by atoms with Crippen LogP contribution in [-0.2, 0) is 4.79 Å². The Morgan fingerprint density at radius 1 is 1.56 bits per heavy atom. The molecule has 0 spiro atoms. The molecule has 0 aromatic rings. The molecular weight excluding hydrogens is 180 g/mol. The van der Waals surface area contributed by atoms with E-state index in [4.69, 9.17) is 0 Å². The highest BCUT2D eigenvalue weighted by Crippen LogP contribution is 2.27. The van der Waals surface area contributed by atoms with Crippen molar-refractivity contribution in [3.05, 3.63) is 11.1 Å². The molecule has 0 radical (unpaired) electrons. The number of carbonyl (C=O) groups excluding carboxylic acids is 1. The molecule has 1 aliphatic carbocycles. The third-order valence-corrected chi connectivity index (χ3v) is 2.52. The fourth-order valence-corrected chi connectivity index (χ4v) is 1.79. The van der Waals surface area contributed by atoms with E-state index in [-0.39, 0.29) is 10.6 Å². The van der Waals surface area contributed by atoms with Gasteiger partial charge in [0.1, 0.15) is 0 Å². The predicted octanol–water partition coefficient (Wildman–Crippen LogP) is 2.06. The summed E-state index contributed by atoms with van der Waals surface area (Å²) in [5.74, 6) is 0.257. The molecule has 0 amide bonds. The van der Waals surface area contributed by atoms with Gasteiger partial charge < -0.3 is 0 Å². The standard InChI is InChI=1S/C7H9BrO/c1-4-3-6(8)7(9)5(4)2/h6H,3H2,1-2H3. The van der Waals surface area contributed by atoms with Gasteiger partial charge >= 0.3 is 0 Å². The molecule has 0 N–H and O–H groups in total. The van der Waals surface area contributed by atoms with E-state index >= 15 is 0 Å². The summed E-state index contributed by atoms with van der Waals surface area (Å²) in [6, 6.07) is 0. The first-order valence-electron chi connectivity index (χ1n) is 2.97. The second kappa shape index (κ2) is 2.25. The van der Waals surface area contributed by atoms with Crippen LogP contribution in [0.2, 0.25) is 0 Å². The van der Waals surface area contributed by atoms with Gasteiger partial charge in [0.25, 0.3) is 0 Å². The van der Waals surface area contributed by atoms with Gasteiger partial charge in [-0.05, 0) is 25.8 Å². The quantitative estimate of drug-likeness (QED) is 0.533. The molecule has 0 fully saturated rings. The van der Waals surface area contributed by atoms with Gasteiger partial charge in [-0.3, -0.25) is 4.79 Å². The lowest BCUT2D eigenvalue weighted by molar-refractivity contribution is -0.114. The van der Waals surface area contributed by atoms with E-state index in [2.05, 4.69) is 15.9 Å². The Balaban J connectivity index is 2.87. The molecule has 1 unspecified atom stereocenters. The van der Waals surface area contributed by atoms with Crippen LogP contribution in [0, 0.1) is 0 Å². The van der Waals surface area contributed by atoms with E-state index in [1.54, 1.807) is 0 Å². The van der Waals surface area contributed by atoms with Crippen LogP contribution in [0.25, 0.3) is 0 Å². The maximum absolute atomic E-state index is 11.0. The van der Waals surface area contributed by atoms with E-state index in [0.717, 1.165) is 12.0 Å². The van der Waals surface area contributed by atoms with Gasteiger partial charge in [-0.25, -0.2) is 0 Å². The SMILES string of the molecule is CC1=C(C)C(=O)C(Br)C1. The van der Waals surface area contributed by atoms with Gasteiger partial charge in [-0.15, -0.1) is 0 Å². The van der Waals surface area contributed by atoms with Crippen LogP contribution in [0.3, 0.4) is 0 Å². The molecule has 0 bridgehead atoms. The number of alkyl halides is 1. The maximum Gasteiger partial charge on any atom is 0.172 e. The summed E-state index contributed by atoms with van der Waals surface area (Å²) >= 11 is 3.29. The number of Topliss-reactive ketones (excluding diaryl/α,β-unsaturated/α-hetero) is 1. The third kappa shape index (κ3) is 1.08. The van der Waals surface area contributed by atoms with E-state index in [9.17, 15) is 4.79 Å². The lowest BCUT2D eigenvalue weighted by atomic mass is 10.2. The van der Waals surface area contributed by atoms with E-state index < -0.39 is 0 Å². The lowest BCUT2D eigenvalue weighted by Gasteiger charge is -1.93. The maximum atomic E-state index is 11.0. The molecule has 0 heterocycles. The van der Waals surface area contributed by atoms with Crippen molar-refractivity contribution in [3.8, 4) is 0 Å². The number of halogens is 1. The van der Waals surface area contributed by atoms with E-state index in [1.165, 1.54) is 5.57 Å². The van der Waals surface area contributed by atoms with Crippen molar-refractivity contribution in [1.82, 2.24) is 0 Å². The second-order valence-electron chi connectivity index (χ2n) is 2.44. The minimum Gasteiger partial charge on any atom is -0.293 e. The Labute approximate surface area is 63.3 Å². The summed E-state index contributed by atoms with van der Waals surface area (Å²) in [6.45, 7) is 3.90. The van der Waals surface area contributed by atoms with Crippen molar-refractivity contribution in [2.45, 2.75) is 25.1 Å². The molecule has 9 heavy (non-hydrogen) atoms. The molecule has 1 atom stereocenters. The Hall–Kier alpha value is -0.110. The van der Waals surface area contributed by atoms with Crippen molar-refractivity contribution < 1.29 is 4.79 Å². The summed E-state index contributed by atoms with van der Waals surface area (Å²) < 4.78 is 0. The number of carbonyl (C=O) groups is 1. The summed E-state index contributed by atoms with van der Waals surface area (Å²) in [5.41, 5.74) is 2.17. The first-order valence-corrected chi connectivity index (χ1v) is 3.89. The molecule has 0 aliphatic heterocycles. The van der Waals surface area contributed by atoms with Crippen LogP contribution in [0.5, 0.6) is 0 Å². The van der Waals surface area contributed by atoms with Crippen LogP contribution < -0.4 is 0 Å². The highest BCUT2D eigenvalue weighted by molar-refractivity contribution is 9.10. The van der Waals surface area contributed by atoms with Crippen LogP contribution in [0.4, 0.5) is 0 Å². The second-order valence-corrected chi connectivity index (χ2v) is 3.55. The highest BCUT2D eigenvalue weighted by atomic mass is 79.9. The molecule has 50 valence electrons. The molecule has 2 heteroatoms. The monoisotopic (exact) mass is 188 g/mol. The number of rotatable bonds is 0. The third-order valence-electron chi connectivity index (χ3n) is 1.78. The molecule has 1 rings (SSSR count). The Morgan fingerprint density at radius 3 is 2.22 bits per heavy atom. The number of hydrogen-bond acceptors (Lipinski definition) is 1. The molecule has 0 saturated heterocycles. The smallest absolute Gasteiger partial charge is 0.172 e. The van der Waals surface area contributed by atoms with Gasteiger partial charge in [0, 0.05) is 0 Å². The molecule has 0 aromatic carbocycles. The van der Waals surface area contributed by atoms with Gasteiger partial charge in [-0.2, -0.15) is 0 Å². The highest BCUT2D eigenvalue weighted by Gasteiger charge is 2.25. The van der Waals surface area contributed by atoms with Gasteiger partial charge in [0.15, 0.2) is 5.78 Å². The lowest BCUT2D eigenvalue weighted by Crippen LogP contribution is -2.06. The minimum atomic E-state index is 0.0671. The molecule has 1 nitrogen and oxygen atoms in total. The zero-order valence-corrected chi connectivity index (χ0v) is 7.16. The molecule has 1 aliphatic rings. The molecular formula is C7H9BrO. The Kier molecular flexibility index (Phi) is 1.75. The van der Waals surface area contributed by atoms with Crippen molar-refractivity contribution in [1.29, 1.82) is 0 Å². The Bertz CT molecular complexity index is 181. The van der Waals surface area contributed by atoms with Gasteiger partial charge in [-0.1, -0.05) is 21.5 Å². The normalized spacial score (nSPS) is 27.9. The van der Waals surface area contributed by atoms with Crippen LogP contribution in [0.15, 0.2) is 11.1 Å². The molecule has 0 saturated carbocycles. The van der Waals surface area contributed by atoms with Crippen LogP contribution >= 0.6 is 15.9 Å². The number of hydrogen-bond donors (Lipinski definition) is 0. The van der Waals surface area contributed by atoms with Crippen molar-refractivity contribution >= 4 is 21.7 Å². The summed E-state index contributed by atoms with van der Waals surface area (Å²) in [6.07, 6.45) is 0.894. The Morgan fingerprint density at radius 2 is 2.11 bits per heavy atom. The van der Waals surface area contributed by atoms with Crippen molar-refractivity contribution in [2.75, 3.05) is 0 Å². The average molecular weight is 189 g/mol. The van der Waals surface area contributed by atoms with E-state index in [0.29, 0.717) is 0 Å². The van der Waals surface area contributed by atoms with Gasteiger partial charge in [0.2, 0.25) is 0 Å². The first-order chi connectivity index (χ1) is 4.13. The van der Waals surface area contributed by atoms with E-state index in [1.807, 2.05) is 13.8 Å². The fraction of sp³-hybridized carbons (Fsp3) is 0.571. The van der Waals surface area contributed by atoms with Crippen molar-refractivity contribution in [2.24, 2.45) is 0 Å². The largest absolute Gasteiger partial charge is 0.293 e. The minimum absolute atomic E-state index is 0.0671. The van der Waals surface area contributed by atoms with Gasteiger partial charge in [0.05, 0.1) is 4.83 Å². The van der Waals surface area contributed by atoms with Crippen LogP contribution in [0.1, 0.15) is 20.3 Å². The zero-order chi connectivity index (χ0) is 7.02. The first kappa shape index (κ1) is 7.00. The van der Waals surface area contributed by atoms with Crippen LogP contribution in [-0.4, -0.2) is 10.6 Å². The van der Waals surface area contributed by atoms with Crippen molar-refractivity contribution in [3.63, 3.8) is 0 Å². The predicted molar refractivity (Wildman–Crippen MR) is 40.7 cm³/mol. The average Bonchev–Trinajstić information content (AvgIpc) is 1.98. The summed E-state index contributed by atoms with van der Waals surface area (Å²) in [7, 11) is 0.